The van der Waals surface area contributed by atoms with E-state index in [1.807, 2.05) is 30.3 Å². The Bertz CT molecular complexity index is 1110. The molecule has 0 spiro atoms. The lowest BCUT2D eigenvalue weighted by molar-refractivity contribution is -0.137. The van der Waals surface area contributed by atoms with Crippen molar-refractivity contribution in [3.63, 3.8) is 0 Å². The lowest BCUT2D eigenvalue weighted by Gasteiger charge is -2.13. The van der Waals surface area contributed by atoms with Gasteiger partial charge in [0.15, 0.2) is 0 Å². The van der Waals surface area contributed by atoms with Crippen LogP contribution in [0.1, 0.15) is 23.2 Å². The molecule has 2 amide bonds. The number of carbonyl (C=O) groups is 2. The summed E-state index contributed by atoms with van der Waals surface area (Å²) in [6.07, 6.45) is -4.38. The van der Waals surface area contributed by atoms with Gasteiger partial charge in [-0.3, -0.25) is 9.59 Å². The van der Waals surface area contributed by atoms with E-state index in [4.69, 9.17) is 11.6 Å². The topological polar surface area (TPSA) is 76.0 Å². The summed E-state index contributed by atoms with van der Waals surface area (Å²) in [7, 11) is 0. The number of aryl methyl sites for hydroxylation is 1. The summed E-state index contributed by atoms with van der Waals surface area (Å²) < 4.78 is 40.4. The number of halogens is 4. The molecule has 6 nitrogen and oxygen atoms in total. The van der Waals surface area contributed by atoms with Gasteiger partial charge in [-0.1, -0.05) is 41.9 Å². The SMILES string of the molecule is Cc1cc(NC(=O)CCNC(=O)Cc2ccccc2)n(-c2cc(C(F)(F)F)ccc2Cl)n1. The Morgan fingerprint density at radius 3 is 2.47 bits per heavy atom. The maximum absolute atomic E-state index is 13.1. The maximum Gasteiger partial charge on any atom is 0.416 e. The summed E-state index contributed by atoms with van der Waals surface area (Å²) in [4.78, 5) is 24.3. The van der Waals surface area contributed by atoms with Crippen molar-refractivity contribution in [3.8, 4) is 5.69 Å². The van der Waals surface area contributed by atoms with Gasteiger partial charge in [0.05, 0.1) is 28.4 Å². The van der Waals surface area contributed by atoms with E-state index in [1.165, 1.54) is 6.07 Å². The van der Waals surface area contributed by atoms with Gasteiger partial charge in [0.25, 0.3) is 0 Å². The van der Waals surface area contributed by atoms with Crippen molar-refractivity contribution < 1.29 is 22.8 Å². The molecule has 0 bridgehead atoms. The minimum Gasteiger partial charge on any atom is -0.355 e. The molecule has 1 aromatic heterocycles. The van der Waals surface area contributed by atoms with Crippen LogP contribution in [0.2, 0.25) is 5.02 Å². The van der Waals surface area contributed by atoms with E-state index < -0.39 is 17.6 Å². The third-order valence-electron chi connectivity index (χ3n) is 4.48. The van der Waals surface area contributed by atoms with Crippen molar-refractivity contribution in [2.75, 3.05) is 11.9 Å². The van der Waals surface area contributed by atoms with Crippen LogP contribution >= 0.6 is 11.6 Å². The largest absolute Gasteiger partial charge is 0.416 e. The van der Waals surface area contributed by atoms with E-state index >= 15 is 0 Å². The van der Waals surface area contributed by atoms with E-state index in [0.29, 0.717) is 5.69 Å². The number of alkyl halides is 3. The number of hydrogen-bond donors (Lipinski definition) is 2. The number of nitrogens with one attached hydrogen (secondary N) is 2. The predicted octanol–water partition coefficient (Wildman–Crippen LogP) is 4.54. The van der Waals surface area contributed by atoms with Crippen LogP contribution in [0, 0.1) is 6.92 Å². The van der Waals surface area contributed by atoms with Crippen molar-refractivity contribution in [1.82, 2.24) is 15.1 Å². The van der Waals surface area contributed by atoms with E-state index in [0.717, 1.165) is 28.4 Å². The number of rotatable bonds is 7. The first-order valence-electron chi connectivity index (χ1n) is 9.68. The number of amides is 2. The highest BCUT2D eigenvalue weighted by atomic mass is 35.5. The smallest absolute Gasteiger partial charge is 0.355 e. The third-order valence-corrected chi connectivity index (χ3v) is 4.80. The van der Waals surface area contributed by atoms with Gasteiger partial charge < -0.3 is 10.6 Å². The number of aromatic nitrogens is 2. The summed E-state index contributed by atoms with van der Waals surface area (Å²) in [5.41, 5.74) is 0.432. The first-order chi connectivity index (χ1) is 15.1. The predicted molar refractivity (Wildman–Crippen MR) is 115 cm³/mol. The summed E-state index contributed by atoms with van der Waals surface area (Å²) in [5, 5.41) is 9.47. The molecule has 10 heteroatoms. The Labute approximate surface area is 187 Å². The molecule has 1 heterocycles. The summed E-state index contributed by atoms with van der Waals surface area (Å²) >= 11 is 6.10. The number of hydrogen-bond acceptors (Lipinski definition) is 3. The molecule has 0 fully saturated rings. The minimum atomic E-state index is -4.55. The van der Waals surface area contributed by atoms with Crippen LogP contribution in [0.15, 0.2) is 54.6 Å². The van der Waals surface area contributed by atoms with Crippen LogP contribution in [0.5, 0.6) is 0 Å². The quantitative estimate of drug-likeness (QED) is 0.539. The monoisotopic (exact) mass is 464 g/mol. The molecule has 0 aliphatic carbocycles. The lowest BCUT2D eigenvalue weighted by atomic mass is 10.1. The Morgan fingerprint density at radius 1 is 1.06 bits per heavy atom. The normalized spacial score (nSPS) is 11.3. The molecule has 168 valence electrons. The second kappa shape index (κ2) is 9.86. The third kappa shape index (κ3) is 6.10. The fourth-order valence-corrected chi connectivity index (χ4v) is 3.19. The first-order valence-corrected chi connectivity index (χ1v) is 10.1. The zero-order valence-corrected chi connectivity index (χ0v) is 17.8. The van der Waals surface area contributed by atoms with Gasteiger partial charge in [-0.15, -0.1) is 0 Å². The molecule has 2 N–H and O–H groups in total. The second-order valence-electron chi connectivity index (χ2n) is 7.06. The molecule has 2 aromatic carbocycles. The number of nitrogens with zero attached hydrogens (tertiary/aromatic N) is 2. The molecule has 0 saturated heterocycles. The molecule has 0 aliphatic heterocycles. The van der Waals surface area contributed by atoms with Crippen LogP contribution in [0.4, 0.5) is 19.0 Å². The van der Waals surface area contributed by atoms with Crippen molar-refractivity contribution >= 4 is 29.2 Å². The Morgan fingerprint density at radius 2 is 1.78 bits per heavy atom. The van der Waals surface area contributed by atoms with E-state index in [1.54, 1.807) is 6.92 Å². The highest BCUT2D eigenvalue weighted by Gasteiger charge is 2.31. The fraction of sp³-hybridized carbons (Fsp3) is 0.227. The summed E-state index contributed by atoms with van der Waals surface area (Å²) in [6.45, 7) is 1.74. The van der Waals surface area contributed by atoms with Gasteiger partial charge in [0.2, 0.25) is 11.8 Å². The molecule has 0 atom stereocenters. The average Bonchev–Trinajstić information content (AvgIpc) is 3.07. The fourth-order valence-electron chi connectivity index (χ4n) is 2.99. The van der Waals surface area contributed by atoms with Gasteiger partial charge in [-0.2, -0.15) is 18.3 Å². The second-order valence-corrected chi connectivity index (χ2v) is 7.46. The van der Waals surface area contributed by atoms with Gasteiger partial charge in [-0.25, -0.2) is 4.68 Å². The van der Waals surface area contributed by atoms with E-state index in [9.17, 15) is 22.8 Å². The zero-order valence-electron chi connectivity index (χ0n) is 17.0. The Balaban J connectivity index is 1.64. The van der Waals surface area contributed by atoms with E-state index in [2.05, 4.69) is 15.7 Å². The van der Waals surface area contributed by atoms with Crippen molar-refractivity contribution in [1.29, 1.82) is 0 Å². The number of carbonyl (C=O) groups excluding carboxylic acids is 2. The van der Waals surface area contributed by atoms with Crippen molar-refractivity contribution in [2.45, 2.75) is 25.9 Å². The molecular formula is C22H20ClF3N4O2. The number of anilines is 1. The molecule has 32 heavy (non-hydrogen) atoms. The van der Waals surface area contributed by atoms with E-state index in [-0.39, 0.29) is 41.8 Å². The lowest BCUT2D eigenvalue weighted by Crippen LogP contribution is -2.29. The molecule has 0 radical (unpaired) electrons. The first kappa shape index (κ1) is 23.3. The standard InChI is InChI=1S/C22H20ClF3N4O2/c1-14-11-19(30(29-14)18-13-16(22(24,25)26)7-8-17(18)23)28-20(31)9-10-27-21(32)12-15-5-3-2-4-6-15/h2-8,11,13H,9-10,12H2,1H3,(H,27,32)(H,28,31). The van der Waals surface area contributed by atoms with Gasteiger partial charge in [-0.05, 0) is 30.7 Å². The highest BCUT2D eigenvalue weighted by Crippen LogP contribution is 2.34. The van der Waals surface area contributed by atoms with Crippen LogP contribution in [0.25, 0.3) is 5.69 Å². The molecule has 0 saturated carbocycles. The van der Waals surface area contributed by atoms with Gasteiger partial charge in [0.1, 0.15) is 5.82 Å². The molecule has 0 aliphatic rings. The highest BCUT2D eigenvalue weighted by molar-refractivity contribution is 6.32. The molecule has 0 unspecified atom stereocenters. The van der Waals surface area contributed by atoms with Crippen LogP contribution < -0.4 is 10.6 Å². The Hall–Kier alpha value is -3.33. The van der Waals surface area contributed by atoms with Crippen LogP contribution in [0.3, 0.4) is 0 Å². The Kier molecular flexibility index (Phi) is 7.19. The molecule has 3 aromatic rings. The number of benzene rings is 2. The van der Waals surface area contributed by atoms with Crippen LogP contribution in [-0.4, -0.2) is 28.1 Å². The van der Waals surface area contributed by atoms with Gasteiger partial charge >= 0.3 is 6.18 Å². The molecular weight excluding hydrogens is 445 g/mol. The van der Waals surface area contributed by atoms with Crippen LogP contribution in [-0.2, 0) is 22.2 Å². The van der Waals surface area contributed by atoms with Gasteiger partial charge in [0, 0.05) is 19.0 Å². The maximum atomic E-state index is 13.1. The minimum absolute atomic E-state index is 0.0129. The molecule has 3 rings (SSSR count). The average molecular weight is 465 g/mol. The van der Waals surface area contributed by atoms with Crippen molar-refractivity contribution in [3.05, 3.63) is 76.4 Å². The zero-order chi connectivity index (χ0) is 23.3. The summed E-state index contributed by atoms with van der Waals surface area (Å²) in [5.74, 6) is -0.487. The summed E-state index contributed by atoms with van der Waals surface area (Å²) in [6, 6.07) is 13.6. The van der Waals surface area contributed by atoms with Crippen molar-refractivity contribution in [2.24, 2.45) is 0 Å².